The van der Waals surface area contributed by atoms with Crippen molar-refractivity contribution in [2.45, 2.75) is 146 Å². The Bertz CT molecular complexity index is 1800. The number of alkyl halides is 1. The normalized spacial score (nSPS) is 23.9. The molecule has 1 saturated carbocycles. The topological polar surface area (TPSA) is 118 Å². The van der Waals surface area contributed by atoms with Crippen LogP contribution in [0.5, 0.6) is 0 Å². The van der Waals surface area contributed by atoms with Gasteiger partial charge in [-0.15, -0.1) is 0 Å². The van der Waals surface area contributed by atoms with Crippen LogP contribution in [-0.4, -0.2) is 120 Å². The molecule has 2 amide bonds. The zero-order valence-corrected chi connectivity index (χ0v) is 35.4. The maximum atomic E-state index is 15.6. The highest BCUT2D eigenvalue weighted by atomic mass is 32.2. The Morgan fingerprint density at radius 3 is 2.25 bits per heavy atom. The number of hydrogen-bond donors (Lipinski definition) is 0. The van der Waals surface area contributed by atoms with Crippen molar-refractivity contribution in [2.24, 2.45) is 0 Å². The summed E-state index contributed by atoms with van der Waals surface area (Å²) in [5.74, 6) is -0.364. The van der Waals surface area contributed by atoms with Gasteiger partial charge in [0.2, 0.25) is 15.9 Å². The second-order valence-corrected chi connectivity index (χ2v) is 25.8. The summed E-state index contributed by atoms with van der Waals surface area (Å²) in [7, 11) is -5.49. The van der Waals surface area contributed by atoms with E-state index in [4.69, 9.17) is 14.6 Å². The van der Waals surface area contributed by atoms with E-state index < -0.39 is 47.0 Å². The van der Waals surface area contributed by atoms with Gasteiger partial charge in [0.1, 0.15) is 18.0 Å². The minimum Gasteiger partial charge on any atom is -0.444 e. The van der Waals surface area contributed by atoms with Crippen LogP contribution in [0.3, 0.4) is 0 Å². The minimum absolute atomic E-state index is 0.0485. The summed E-state index contributed by atoms with van der Waals surface area (Å²) in [6.45, 7) is 26.2. The Morgan fingerprint density at radius 2 is 1.72 bits per heavy atom. The van der Waals surface area contributed by atoms with Crippen LogP contribution in [0.15, 0.2) is 35.9 Å². The number of amides is 2. The summed E-state index contributed by atoms with van der Waals surface area (Å²) in [6.07, 6.45) is 4.29. The number of rotatable bonds is 12. The lowest BCUT2D eigenvalue weighted by Gasteiger charge is -2.45. The molecule has 53 heavy (non-hydrogen) atoms. The zero-order valence-electron chi connectivity index (χ0n) is 33.6. The van der Waals surface area contributed by atoms with E-state index in [-0.39, 0.29) is 42.3 Å². The number of aromatic nitrogens is 2. The maximum Gasteiger partial charge on any atom is 0.410 e. The molecule has 5 rings (SSSR count). The van der Waals surface area contributed by atoms with Gasteiger partial charge >= 0.3 is 6.09 Å². The number of ether oxygens (including phenoxy) is 2. The van der Waals surface area contributed by atoms with Crippen molar-refractivity contribution >= 4 is 46.7 Å². The monoisotopic (exact) mass is 776 g/mol. The van der Waals surface area contributed by atoms with Crippen LogP contribution in [0, 0.1) is 0 Å². The van der Waals surface area contributed by atoms with Crippen molar-refractivity contribution in [3.8, 4) is 0 Å². The molecule has 3 fully saturated rings. The van der Waals surface area contributed by atoms with E-state index in [9.17, 15) is 18.0 Å². The molecule has 0 radical (unpaired) electrons. The van der Waals surface area contributed by atoms with Crippen molar-refractivity contribution in [3.05, 3.63) is 31.0 Å². The first-order valence-corrected chi connectivity index (χ1v) is 24.0. The molecule has 0 unspecified atom stereocenters. The highest BCUT2D eigenvalue weighted by molar-refractivity contribution is 7.89. The Hall–Kier alpha value is -3.01. The highest BCUT2D eigenvalue weighted by Gasteiger charge is 2.50. The van der Waals surface area contributed by atoms with Crippen molar-refractivity contribution in [3.63, 3.8) is 0 Å². The zero-order chi connectivity index (χ0) is 39.5. The summed E-state index contributed by atoms with van der Waals surface area (Å²) in [5, 5.41) is 5.52. The molecule has 1 aromatic carbocycles. The average Bonchev–Trinajstić information content (AvgIpc) is 3.39. The number of likely N-dealkylation sites (tertiary alicyclic amines) is 1. The van der Waals surface area contributed by atoms with E-state index in [0.717, 1.165) is 24.3 Å². The second kappa shape index (κ2) is 14.6. The molecule has 2 aliphatic heterocycles. The number of hydrogen-bond acceptors (Lipinski definition) is 8. The number of sulfonamides is 1. The van der Waals surface area contributed by atoms with Crippen LogP contribution in [0.2, 0.25) is 25.7 Å². The summed E-state index contributed by atoms with van der Waals surface area (Å²) in [6, 6.07) is 2.68. The average molecular weight is 777 g/mol. The van der Waals surface area contributed by atoms with Gasteiger partial charge in [0.05, 0.1) is 40.8 Å². The van der Waals surface area contributed by atoms with Gasteiger partial charge in [0.25, 0.3) is 0 Å². The standard InChI is InChI=1S/C38H61FN6O6SSi/c1-13-34(46)42-24-28(18-33(42)37(7,8)39)45-32-20-29(52(48,49)43(38(9)14-15-38)25-50-16-17-53(10,11)12)19-31(30(32)21-40-45)41-22-26(2)44(27(3)23-41)35(47)51-36(4,5)6/h13,19-21,26-28,33H,1,14-18,22-25H2,2-12H3/t26-,27-,28+,33-/m0/s1. The third kappa shape index (κ3) is 8.94. The summed E-state index contributed by atoms with van der Waals surface area (Å²) < 4.78 is 60.3. The van der Waals surface area contributed by atoms with Gasteiger partial charge < -0.3 is 19.3 Å². The molecule has 0 bridgehead atoms. The first kappa shape index (κ1) is 41.2. The Morgan fingerprint density at radius 1 is 1.09 bits per heavy atom. The van der Waals surface area contributed by atoms with E-state index in [1.807, 2.05) is 41.5 Å². The first-order valence-electron chi connectivity index (χ1n) is 18.9. The SMILES string of the molecule is C=CC(=O)N1C[C@H](n2ncc3c(N4C[C@H](C)N(C(=O)OC(C)(C)C)[C@@H](C)C4)cc(S(=O)(=O)N(COCC[Si](C)(C)C)C4(C)CC4)cc32)C[C@H]1C(C)(C)F. The summed E-state index contributed by atoms with van der Waals surface area (Å²) in [5.41, 5.74) is -1.65. The molecule has 12 nitrogen and oxygen atoms in total. The molecule has 0 N–H and O–H groups in total. The van der Waals surface area contributed by atoms with Crippen molar-refractivity contribution < 1.29 is 31.9 Å². The molecule has 0 spiro atoms. The summed E-state index contributed by atoms with van der Waals surface area (Å²) >= 11 is 0. The quantitative estimate of drug-likeness (QED) is 0.100. The van der Waals surface area contributed by atoms with Gasteiger partial charge in [-0.1, -0.05) is 26.2 Å². The van der Waals surface area contributed by atoms with Gasteiger partial charge in [-0.3, -0.25) is 14.4 Å². The fraction of sp³-hybridized carbons (Fsp3) is 0.711. The smallest absolute Gasteiger partial charge is 0.410 e. The predicted molar refractivity (Wildman–Crippen MR) is 209 cm³/mol. The van der Waals surface area contributed by atoms with E-state index in [2.05, 4.69) is 31.1 Å². The van der Waals surface area contributed by atoms with Crippen LogP contribution >= 0.6 is 0 Å². The highest BCUT2D eigenvalue weighted by Crippen LogP contribution is 2.46. The number of halogens is 1. The molecular formula is C38H61FN6O6SSi. The molecular weight excluding hydrogens is 716 g/mol. The molecule has 1 aliphatic carbocycles. The minimum atomic E-state index is -4.09. The molecule has 296 valence electrons. The van der Waals surface area contributed by atoms with E-state index in [0.29, 0.717) is 37.3 Å². The third-order valence-corrected chi connectivity index (χ3v) is 14.4. The Kier molecular flexibility index (Phi) is 11.3. The van der Waals surface area contributed by atoms with Crippen LogP contribution in [0.4, 0.5) is 14.9 Å². The fourth-order valence-corrected chi connectivity index (χ4v) is 10.1. The molecule has 15 heteroatoms. The van der Waals surface area contributed by atoms with E-state index in [1.165, 1.54) is 29.1 Å². The lowest BCUT2D eigenvalue weighted by Crippen LogP contribution is -2.59. The van der Waals surface area contributed by atoms with Crippen LogP contribution < -0.4 is 4.90 Å². The Balaban J connectivity index is 1.59. The fourth-order valence-electron chi connectivity index (χ4n) is 7.60. The predicted octanol–water partition coefficient (Wildman–Crippen LogP) is 6.80. The number of nitrogens with zero attached hydrogens (tertiary/aromatic N) is 6. The van der Waals surface area contributed by atoms with Gasteiger partial charge in [-0.25, -0.2) is 17.6 Å². The number of benzene rings is 1. The molecule has 3 heterocycles. The Labute approximate surface area is 316 Å². The van der Waals surface area contributed by atoms with Gasteiger partial charge in [0, 0.05) is 50.9 Å². The van der Waals surface area contributed by atoms with E-state index in [1.54, 1.807) is 27.9 Å². The number of fused-ring (bicyclic) bond motifs is 1. The second-order valence-electron chi connectivity index (χ2n) is 18.3. The van der Waals surface area contributed by atoms with Gasteiger partial charge in [0.15, 0.2) is 0 Å². The first-order chi connectivity index (χ1) is 24.4. The van der Waals surface area contributed by atoms with Crippen LogP contribution in [0.25, 0.3) is 10.9 Å². The lowest BCUT2D eigenvalue weighted by atomic mass is 9.97. The van der Waals surface area contributed by atoms with Crippen LogP contribution in [0.1, 0.15) is 80.7 Å². The van der Waals surface area contributed by atoms with E-state index >= 15 is 4.39 Å². The number of carbonyl (C=O) groups is 2. The lowest BCUT2D eigenvalue weighted by molar-refractivity contribution is -0.129. The molecule has 4 atom stereocenters. The van der Waals surface area contributed by atoms with Gasteiger partial charge in [-0.2, -0.15) is 9.40 Å². The van der Waals surface area contributed by atoms with Crippen molar-refractivity contribution in [1.29, 1.82) is 0 Å². The number of carbonyl (C=O) groups excluding carboxylic acids is 2. The number of piperazine rings is 1. The van der Waals surface area contributed by atoms with Crippen LogP contribution in [-0.2, 0) is 24.3 Å². The number of anilines is 1. The molecule has 2 saturated heterocycles. The van der Waals surface area contributed by atoms with Gasteiger partial charge in [-0.05, 0) is 98.9 Å². The maximum absolute atomic E-state index is 15.6. The van der Waals surface area contributed by atoms with Crippen molar-refractivity contribution in [1.82, 2.24) is 23.9 Å². The third-order valence-electron chi connectivity index (χ3n) is 10.8. The molecule has 3 aliphatic rings. The largest absolute Gasteiger partial charge is 0.444 e. The van der Waals surface area contributed by atoms with Crippen molar-refractivity contribution in [2.75, 3.05) is 37.9 Å². The molecule has 2 aromatic rings. The molecule has 1 aromatic heterocycles. The summed E-state index contributed by atoms with van der Waals surface area (Å²) in [4.78, 5) is 31.7.